The monoisotopic (exact) mass is 231 g/mol. The molecule has 2 nitrogen and oxygen atoms in total. The first-order valence-electron chi connectivity index (χ1n) is 6.32. The van der Waals surface area contributed by atoms with Gasteiger partial charge in [0.25, 0.3) is 0 Å². The predicted molar refractivity (Wildman–Crippen MR) is 71.8 cm³/mol. The van der Waals surface area contributed by atoms with Gasteiger partial charge in [0.1, 0.15) is 0 Å². The van der Waals surface area contributed by atoms with E-state index < -0.39 is 0 Å². The van der Waals surface area contributed by atoms with E-state index in [1.165, 1.54) is 29.5 Å². The average Bonchev–Trinajstić information content (AvgIpc) is 2.37. The Balaban J connectivity index is 2.25. The van der Waals surface area contributed by atoms with E-state index in [4.69, 9.17) is 4.74 Å². The first-order valence-corrected chi connectivity index (χ1v) is 6.32. The molecule has 0 saturated carbocycles. The number of allylic oxidation sites excluding steroid dienone is 1. The number of methoxy groups -OCH3 is 1. The quantitative estimate of drug-likeness (QED) is 0.807. The largest absolute Gasteiger partial charge is 0.504 e. The summed E-state index contributed by atoms with van der Waals surface area (Å²) in [5.74, 6) is 0.623. The van der Waals surface area contributed by atoms with Crippen LogP contribution < -0.4 is 5.32 Å². The maximum absolute atomic E-state index is 5.27. The first kappa shape index (κ1) is 12.2. The third-order valence-electron chi connectivity index (χ3n) is 3.38. The van der Waals surface area contributed by atoms with Gasteiger partial charge in [-0.05, 0) is 49.9 Å². The normalized spacial score (nSPS) is 18.1. The Morgan fingerprint density at radius 2 is 2.12 bits per heavy atom. The van der Waals surface area contributed by atoms with Crippen molar-refractivity contribution < 1.29 is 4.74 Å². The highest BCUT2D eigenvalue weighted by atomic mass is 16.5. The number of piperidine rings is 1. The van der Waals surface area contributed by atoms with Crippen molar-refractivity contribution in [1.29, 1.82) is 0 Å². The zero-order valence-electron chi connectivity index (χ0n) is 10.7. The minimum absolute atomic E-state index is 0.623. The van der Waals surface area contributed by atoms with Crippen LogP contribution in [0.15, 0.2) is 30.5 Å². The summed E-state index contributed by atoms with van der Waals surface area (Å²) in [6.45, 7) is 4.35. The lowest BCUT2D eigenvalue weighted by molar-refractivity contribution is 0.333. The van der Waals surface area contributed by atoms with E-state index in [2.05, 4.69) is 36.5 Å². The van der Waals surface area contributed by atoms with Gasteiger partial charge in [-0.15, -0.1) is 0 Å². The molecule has 1 aromatic rings. The fraction of sp³-hybridized carbons (Fsp3) is 0.467. The molecule has 2 heteroatoms. The number of ether oxygens (including phenoxy) is 1. The zero-order chi connectivity index (χ0) is 12.1. The van der Waals surface area contributed by atoms with E-state index in [-0.39, 0.29) is 0 Å². The number of aryl methyl sites for hydroxylation is 1. The summed E-state index contributed by atoms with van der Waals surface area (Å²) in [6, 6.07) is 8.68. The molecule has 92 valence electrons. The molecule has 0 unspecified atom stereocenters. The maximum Gasteiger partial charge on any atom is 0.0865 e. The van der Waals surface area contributed by atoms with Crippen LogP contribution in [-0.4, -0.2) is 20.2 Å². The Morgan fingerprint density at radius 1 is 1.35 bits per heavy atom. The van der Waals surface area contributed by atoms with E-state index in [1.54, 1.807) is 7.11 Å². The summed E-state index contributed by atoms with van der Waals surface area (Å²) in [5, 5.41) is 3.41. The molecule has 0 aliphatic carbocycles. The van der Waals surface area contributed by atoms with Gasteiger partial charge in [0.2, 0.25) is 0 Å². The molecule has 1 N–H and O–H groups in total. The summed E-state index contributed by atoms with van der Waals surface area (Å²) in [7, 11) is 1.73. The molecular formula is C15H21NO. The Kier molecular flexibility index (Phi) is 4.21. The lowest BCUT2D eigenvalue weighted by Gasteiger charge is -2.25. The molecule has 0 radical (unpaired) electrons. The Morgan fingerprint density at radius 3 is 2.76 bits per heavy atom. The second kappa shape index (κ2) is 5.87. The highest BCUT2D eigenvalue weighted by molar-refractivity contribution is 5.67. The summed E-state index contributed by atoms with van der Waals surface area (Å²) >= 11 is 0. The summed E-state index contributed by atoms with van der Waals surface area (Å²) in [4.78, 5) is 0. The number of rotatable bonds is 3. The van der Waals surface area contributed by atoms with Crippen LogP contribution >= 0.6 is 0 Å². The van der Waals surface area contributed by atoms with E-state index in [0.29, 0.717) is 5.92 Å². The van der Waals surface area contributed by atoms with Crippen LogP contribution in [0.1, 0.15) is 24.0 Å². The van der Waals surface area contributed by atoms with Gasteiger partial charge in [-0.25, -0.2) is 0 Å². The predicted octanol–water partition coefficient (Wildman–Crippen LogP) is 2.98. The molecule has 0 amide bonds. The van der Waals surface area contributed by atoms with Crippen LogP contribution in [0.2, 0.25) is 0 Å². The highest BCUT2D eigenvalue weighted by Gasteiger charge is 2.19. The van der Waals surface area contributed by atoms with Gasteiger partial charge >= 0.3 is 0 Å². The van der Waals surface area contributed by atoms with E-state index >= 15 is 0 Å². The van der Waals surface area contributed by atoms with Crippen molar-refractivity contribution in [2.45, 2.75) is 19.8 Å². The fourth-order valence-electron chi connectivity index (χ4n) is 2.48. The smallest absolute Gasteiger partial charge is 0.0865 e. The number of benzene rings is 1. The van der Waals surface area contributed by atoms with Crippen molar-refractivity contribution in [3.8, 4) is 0 Å². The Bertz CT molecular complexity index is 392. The number of hydrogen-bond donors (Lipinski definition) is 1. The third kappa shape index (κ3) is 3.10. The van der Waals surface area contributed by atoms with Crippen LogP contribution in [0.3, 0.4) is 0 Å². The van der Waals surface area contributed by atoms with Crippen LogP contribution in [0.4, 0.5) is 0 Å². The average molecular weight is 231 g/mol. The van der Waals surface area contributed by atoms with Gasteiger partial charge in [0.15, 0.2) is 0 Å². The first-order chi connectivity index (χ1) is 8.31. The van der Waals surface area contributed by atoms with Gasteiger partial charge in [0, 0.05) is 0 Å². The highest BCUT2D eigenvalue weighted by Crippen LogP contribution is 2.30. The molecule has 0 spiro atoms. The van der Waals surface area contributed by atoms with Crippen molar-refractivity contribution in [3.63, 3.8) is 0 Å². The number of hydrogen-bond acceptors (Lipinski definition) is 2. The van der Waals surface area contributed by atoms with Crippen LogP contribution in [0.5, 0.6) is 0 Å². The van der Waals surface area contributed by atoms with Gasteiger partial charge in [-0.3, -0.25) is 0 Å². The number of nitrogens with one attached hydrogen (secondary N) is 1. The molecule has 0 atom stereocenters. The van der Waals surface area contributed by atoms with Gasteiger partial charge < -0.3 is 10.1 Å². The SMILES string of the molecule is COC=C(c1cccc(C)c1)C1CCNCC1. The van der Waals surface area contributed by atoms with E-state index in [0.717, 1.165) is 13.1 Å². The van der Waals surface area contributed by atoms with Crippen molar-refractivity contribution in [3.05, 3.63) is 41.7 Å². The maximum atomic E-state index is 5.27. The summed E-state index contributed by atoms with van der Waals surface area (Å²) < 4.78 is 5.27. The Hall–Kier alpha value is -1.28. The molecule has 0 bridgehead atoms. The molecule has 17 heavy (non-hydrogen) atoms. The topological polar surface area (TPSA) is 21.3 Å². The third-order valence-corrected chi connectivity index (χ3v) is 3.38. The molecule has 1 aliphatic rings. The van der Waals surface area contributed by atoms with Gasteiger partial charge in [-0.1, -0.05) is 29.8 Å². The van der Waals surface area contributed by atoms with Crippen molar-refractivity contribution >= 4 is 5.57 Å². The molecular weight excluding hydrogens is 210 g/mol. The molecule has 1 fully saturated rings. The summed E-state index contributed by atoms with van der Waals surface area (Å²) in [5.41, 5.74) is 3.95. The van der Waals surface area contributed by atoms with Gasteiger partial charge in [0.05, 0.1) is 13.4 Å². The van der Waals surface area contributed by atoms with Gasteiger partial charge in [-0.2, -0.15) is 0 Å². The van der Waals surface area contributed by atoms with Crippen molar-refractivity contribution in [2.24, 2.45) is 5.92 Å². The van der Waals surface area contributed by atoms with E-state index in [1.807, 2.05) is 6.26 Å². The van der Waals surface area contributed by atoms with E-state index in [9.17, 15) is 0 Å². The lowest BCUT2D eigenvalue weighted by atomic mass is 9.86. The molecule has 1 aromatic carbocycles. The van der Waals surface area contributed by atoms with Crippen molar-refractivity contribution in [1.82, 2.24) is 5.32 Å². The molecule has 2 rings (SSSR count). The standard InChI is InChI=1S/C15H21NO/c1-12-4-3-5-14(10-12)15(11-17-2)13-6-8-16-9-7-13/h3-5,10-11,13,16H,6-9H2,1-2H3. The minimum Gasteiger partial charge on any atom is -0.504 e. The zero-order valence-corrected chi connectivity index (χ0v) is 10.7. The fourth-order valence-corrected chi connectivity index (χ4v) is 2.48. The molecule has 1 saturated heterocycles. The molecule has 1 heterocycles. The molecule has 0 aromatic heterocycles. The van der Waals surface area contributed by atoms with Crippen molar-refractivity contribution in [2.75, 3.05) is 20.2 Å². The van der Waals surface area contributed by atoms with Crippen LogP contribution in [0, 0.1) is 12.8 Å². The summed E-state index contributed by atoms with van der Waals surface area (Å²) in [6.07, 6.45) is 4.32. The van der Waals surface area contributed by atoms with Crippen LogP contribution in [-0.2, 0) is 4.74 Å². The lowest BCUT2D eigenvalue weighted by Crippen LogP contribution is -2.28. The molecule has 1 aliphatic heterocycles. The second-order valence-electron chi connectivity index (χ2n) is 4.70. The van der Waals surface area contributed by atoms with Crippen LogP contribution in [0.25, 0.3) is 5.57 Å². The minimum atomic E-state index is 0.623. The second-order valence-corrected chi connectivity index (χ2v) is 4.70. The Labute approximate surface area is 104 Å².